The summed E-state index contributed by atoms with van der Waals surface area (Å²) in [5.41, 5.74) is 0.930. The van der Waals surface area contributed by atoms with E-state index < -0.39 is 0 Å². The van der Waals surface area contributed by atoms with Crippen LogP contribution in [0.3, 0.4) is 0 Å². The molecule has 0 radical (unpaired) electrons. The van der Waals surface area contributed by atoms with Crippen molar-refractivity contribution in [1.82, 2.24) is 14.9 Å². The predicted octanol–water partition coefficient (Wildman–Crippen LogP) is 3.19. The highest BCUT2D eigenvalue weighted by Gasteiger charge is 2.29. The van der Waals surface area contributed by atoms with Gasteiger partial charge in [0.1, 0.15) is 12.2 Å². The molecule has 7 nitrogen and oxygen atoms in total. The van der Waals surface area contributed by atoms with Crippen molar-refractivity contribution in [2.24, 2.45) is 0 Å². The number of benzene rings is 2. The normalized spacial score (nSPS) is 16.1. The average molecular weight is 359 g/mol. The third-order valence-electron chi connectivity index (χ3n) is 4.51. The van der Waals surface area contributed by atoms with E-state index in [1.54, 1.807) is 4.90 Å². The molecule has 1 fully saturated rings. The summed E-state index contributed by atoms with van der Waals surface area (Å²) in [6, 6.07) is 15.5. The van der Waals surface area contributed by atoms with Crippen molar-refractivity contribution in [3.63, 3.8) is 0 Å². The van der Waals surface area contributed by atoms with E-state index in [0.717, 1.165) is 16.5 Å². The minimum atomic E-state index is -0.216. The maximum atomic E-state index is 12.7. The van der Waals surface area contributed by atoms with Crippen molar-refractivity contribution in [3.8, 4) is 11.9 Å². The molecule has 1 unspecified atom stereocenters. The molecule has 0 bridgehead atoms. The number of likely N-dealkylation sites (tertiary alicyclic amines) is 1. The summed E-state index contributed by atoms with van der Waals surface area (Å²) in [7, 11) is 0. The minimum Gasteiger partial charge on any atom is -0.470 e. The molecular formula is C20H17N5O2. The molecule has 27 heavy (non-hydrogen) atoms. The summed E-state index contributed by atoms with van der Waals surface area (Å²) in [5, 5.41) is 14.1. The molecular weight excluding hydrogens is 342 g/mol. The Morgan fingerprint density at radius 3 is 2.89 bits per heavy atom. The van der Waals surface area contributed by atoms with Crippen LogP contribution in [0.5, 0.6) is 5.88 Å². The summed E-state index contributed by atoms with van der Waals surface area (Å²) >= 11 is 0. The Kier molecular flexibility index (Phi) is 4.54. The molecule has 0 saturated carbocycles. The van der Waals surface area contributed by atoms with Crippen molar-refractivity contribution in [2.75, 3.05) is 18.4 Å². The molecule has 134 valence electrons. The second kappa shape index (κ2) is 7.30. The number of hydrogen-bond donors (Lipinski definition) is 1. The van der Waals surface area contributed by atoms with Crippen LogP contribution in [-0.4, -0.2) is 40.1 Å². The molecule has 1 aliphatic rings. The van der Waals surface area contributed by atoms with Gasteiger partial charge in [0.05, 0.1) is 12.2 Å². The zero-order chi connectivity index (χ0) is 18.6. The van der Waals surface area contributed by atoms with Gasteiger partial charge in [0.25, 0.3) is 5.88 Å². The van der Waals surface area contributed by atoms with Gasteiger partial charge in [0.15, 0.2) is 0 Å². The second-order valence-electron chi connectivity index (χ2n) is 6.25. The van der Waals surface area contributed by atoms with Gasteiger partial charge < -0.3 is 15.0 Å². The van der Waals surface area contributed by atoms with Crippen LogP contribution in [0.4, 0.5) is 10.5 Å². The minimum absolute atomic E-state index is 0.149. The lowest BCUT2D eigenvalue weighted by Gasteiger charge is -2.18. The zero-order valence-corrected chi connectivity index (χ0v) is 14.5. The largest absolute Gasteiger partial charge is 0.470 e. The van der Waals surface area contributed by atoms with Gasteiger partial charge in [-0.2, -0.15) is 5.26 Å². The molecule has 1 saturated heterocycles. The fourth-order valence-corrected chi connectivity index (χ4v) is 3.18. The highest BCUT2D eigenvalue weighted by Crippen LogP contribution is 2.24. The van der Waals surface area contributed by atoms with E-state index in [1.807, 2.05) is 48.5 Å². The lowest BCUT2D eigenvalue weighted by atomic mass is 10.1. The number of nitrogens with zero attached hydrogens (tertiary/aromatic N) is 4. The van der Waals surface area contributed by atoms with Crippen LogP contribution in [0.15, 0.2) is 54.9 Å². The molecule has 7 heteroatoms. The van der Waals surface area contributed by atoms with Crippen LogP contribution >= 0.6 is 0 Å². The summed E-state index contributed by atoms with van der Waals surface area (Å²) in [6.45, 7) is 1.00. The number of ether oxygens (including phenoxy) is 1. The number of amides is 2. The molecule has 4 rings (SSSR count). The van der Waals surface area contributed by atoms with Gasteiger partial charge in [-0.25, -0.2) is 14.8 Å². The highest BCUT2D eigenvalue weighted by atomic mass is 16.5. The number of carbonyl (C=O) groups excluding carboxylic acids is 1. The Hall–Kier alpha value is -3.66. The molecule has 0 spiro atoms. The molecule has 2 heterocycles. The molecule has 2 amide bonds. The number of nitrogens with one attached hydrogen (secondary N) is 1. The Bertz CT molecular complexity index is 1020. The molecule has 1 aromatic heterocycles. The van der Waals surface area contributed by atoms with E-state index in [1.165, 1.54) is 12.4 Å². The number of fused-ring (bicyclic) bond motifs is 1. The van der Waals surface area contributed by atoms with Crippen molar-refractivity contribution >= 4 is 22.5 Å². The standard InChI is InChI=1S/C20H17N5O2/c21-12-18-19(23-10-9-22-18)27-15-8-11-25(13-15)20(26)24-17-7-3-5-14-4-1-2-6-16(14)17/h1-7,9-10,15H,8,11,13H2,(H,24,26). The van der Waals surface area contributed by atoms with E-state index in [4.69, 9.17) is 10.00 Å². The molecule has 0 aliphatic carbocycles. The third kappa shape index (κ3) is 3.51. The zero-order valence-electron chi connectivity index (χ0n) is 14.5. The van der Waals surface area contributed by atoms with Gasteiger partial charge in [-0.1, -0.05) is 36.4 Å². The Morgan fingerprint density at radius 1 is 1.19 bits per heavy atom. The molecule has 1 atom stereocenters. The van der Waals surface area contributed by atoms with Crippen LogP contribution in [0.2, 0.25) is 0 Å². The maximum Gasteiger partial charge on any atom is 0.321 e. The SMILES string of the molecule is N#Cc1nccnc1OC1CCN(C(=O)Nc2cccc3ccccc23)C1. The van der Waals surface area contributed by atoms with Gasteiger partial charge in [0.2, 0.25) is 5.69 Å². The average Bonchev–Trinajstić information content (AvgIpc) is 3.17. The van der Waals surface area contributed by atoms with Gasteiger partial charge in [0, 0.05) is 30.7 Å². The van der Waals surface area contributed by atoms with Crippen molar-refractivity contribution < 1.29 is 9.53 Å². The van der Waals surface area contributed by atoms with E-state index in [9.17, 15) is 4.79 Å². The van der Waals surface area contributed by atoms with Crippen molar-refractivity contribution in [3.05, 3.63) is 60.6 Å². The van der Waals surface area contributed by atoms with Gasteiger partial charge >= 0.3 is 6.03 Å². The van der Waals surface area contributed by atoms with E-state index in [0.29, 0.717) is 19.5 Å². The number of hydrogen-bond acceptors (Lipinski definition) is 5. The Morgan fingerprint density at radius 2 is 2.00 bits per heavy atom. The first-order chi connectivity index (χ1) is 13.2. The van der Waals surface area contributed by atoms with Crippen LogP contribution in [0.25, 0.3) is 10.8 Å². The first-order valence-corrected chi connectivity index (χ1v) is 8.66. The number of rotatable bonds is 3. The Labute approximate surface area is 156 Å². The van der Waals surface area contributed by atoms with Gasteiger partial charge in [-0.05, 0) is 11.5 Å². The highest BCUT2D eigenvalue weighted by molar-refractivity contribution is 6.01. The lowest BCUT2D eigenvalue weighted by molar-refractivity contribution is 0.189. The van der Waals surface area contributed by atoms with Crippen LogP contribution in [-0.2, 0) is 0 Å². The monoisotopic (exact) mass is 359 g/mol. The molecule has 2 aromatic carbocycles. The Balaban J connectivity index is 1.43. The number of nitriles is 1. The number of anilines is 1. The first kappa shape index (κ1) is 16.8. The van der Waals surface area contributed by atoms with Gasteiger partial charge in [-0.15, -0.1) is 0 Å². The fraction of sp³-hybridized carbons (Fsp3) is 0.200. The van der Waals surface area contributed by atoms with E-state index >= 15 is 0 Å². The van der Waals surface area contributed by atoms with Crippen LogP contribution in [0.1, 0.15) is 12.1 Å². The number of urea groups is 1. The molecule has 1 aliphatic heterocycles. The second-order valence-corrected chi connectivity index (χ2v) is 6.25. The molecule has 1 N–H and O–H groups in total. The summed E-state index contributed by atoms with van der Waals surface area (Å²) in [4.78, 5) is 22.4. The van der Waals surface area contributed by atoms with Crippen molar-refractivity contribution in [1.29, 1.82) is 5.26 Å². The third-order valence-corrected chi connectivity index (χ3v) is 4.51. The first-order valence-electron chi connectivity index (χ1n) is 8.66. The van der Waals surface area contributed by atoms with Gasteiger partial charge in [-0.3, -0.25) is 0 Å². The van der Waals surface area contributed by atoms with Crippen LogP contribution in [0, 0.1) is 11.3 Å². The topological polar surface area (TPSA) is 91.1 Å². The fourth-order valence-electron chi connectivity index (χ4n) is 3.18. The smallest absolute Gasteiger partial charge is 0.321 e. The van der Waals surface area contributed by atoms with Crippen molar-refractivity contribution in [2.45, 2.75) is 12.5 Å². The maximum absolute atomic E-state index is 12.7. The quantitative estimate of drug-likeness (QED) is 0.775. The number of aromatic nitrogens is 2. The van der Waals surface area contributed by atoms with Crippen LogP contribution < -0.4 is 10.1 Å². The lowest BCUT2D eigenvalue weighted by Crippen LogP contribution is -2.34. The summed E-state index contributed by atoms with van der Waals surface area (Å²) in [6.07, 6.45) is 3.39. The number of carbonyl (C=O) groups is 1. The van der Waals surface area contributed by atoms with E-state index in [2.05, 4.69) is 15.3 Å². The predicted molar refractivity (Wildman–Crippen MR) is 100 cm³/mol. The van der Waals surface area contributed by atoms with E-state index in [-0.39, 0.29) is 23.7 Å². The molecule has 3 aromatic rings. The summed E-state index contributed by atoms with van der Waals surface area (Å²) < 4.78 is 5.78. The summed E-state index contributed by atoms with van der Waals surface area (Å²) in [5.74, 6) is 0.210.